The molecule has 1 unspecified atom stereocenters. The van der Waals surface area contributed by atoms with Crippen molar-refractivity contribution in [3.05, 3.63) is 51.9 Å². The molecule has 13 nitrogen and oxygen atoms in total. The first kappa shape index (κ1) is 25.4. The summed E-state index contributed by atoms with van der Waals surface area (Å²) in [7, 11) is 0. The maximum atomic E-state index is 13.0. The highest BCUT2D eigenvalue weighted by Gasteiger charge is 2.53. The van der Waals surface area contributed by atoms with Crippen molar-refractivity contribution in [2.45, 2.75) is 18.0 Å². The highest BCUT2D eigenvalue weighted by molar-refractivity contribution is 8.00. The van der Waals surface area contributed by atoms with Gasteiger partial charge in [0.25, 0.3) is 11.8 Å². The van der Waals surface area contributed by atoms with Crippen molar-refractivity contribution in [3.63, 3.8) is 0 Å². The summed E-state index contributed by atoms with van der Waals surface area (Å²) in [6.45, 7) is -0.600. The van der Waals surface area contributed by atoms with Gasteiger partial charge in [0.15, 0.2) is 29.8 Å². The zero-order valence-corrected chi connectivity index (χ0v) is 20.5. The highest BCUT2D eigenvalue weighted by Crippen LogP contribution is 2.40. The number of carbonyl (C=O) groups excluding carboxylic acids is 3. The number of aromatic nitrogens is 2. The van der Waals surface area contributed by atoms with Gasteiger partial charge in [-0.25, -0.2) is 14.3 Å². The third kappa shape index (κ3) is 5.12. The first-order valence-corrected chi connectivity index (χ1v) is 12.4. The molecular weight excluding hydrogens is 536 g/mol. The molecule has 0 aliphatic carbocycles. The molecule has 4 heterocycles. The summed E-state index contributed by atoms with van der Waals surface area (Å²) in [6.07, 6.45) is 3.53. The van der Waals surface area contributed by atoms with Crippen molar-refractivity contribution in [1.82, 2.24) is 15.2 Å². The lowest BCUT2D eigenvalue weighted by Crippen LogP contribution is -2.71. The summed E-state index contributed by atoms with van der Waals surface area (Å²) in [5.41, 5.74) is 5.23. The van der Waals surface area contributed by atoms with E-state index in [1.807, 2.05) is 6.07 Å². The molecule has 2 aliphatic rings. The number of fused-ring (bicyclic) bond motifs is 1. The number of thioether (sulfide) groups is 1. The van der Waals surface area contributed by atoms with Gasteiger partial charge in [-0.15, -0.1) is 11.8 Å². The highest BCUT2D eigenvalue weighted by atomic mass is 35.5. The zero-order valence-electron chi connectivity index (χ0n) is 18.1. The van der Waals surface area contributed by atoms with Crippen LogP contribution in [0.25, 0.3) is 0 Å². The van der Waals surface area contributed by atoms with E-state index in [4.69, 9.17) is 22.4 Å². The molecule has 0 saturated carbocycles. The lowest BCUT2D eigenvalue weighted by Gasteiger charge is -2.50. The Morgan fingerprint density at radius 3 is 2.69 bits per heavy atom. The molecule has 36 heavy (non-hydrogen) atoms. The molecule has 0 aromatic carbocycles. The summed E-state index contributed by atoms with van der Waals surface area (Å²) in [6, 6.07) is 4.31. The largest absolute Gasteiger partial charge is 0.543 e. The van der Waals surface area contributed by atoms with E-state index < -0.39 is 47.5 Å². The number of nitrogen functional groups attached to an aromatic ring is 1. The molecule has 2 atom stereocenters. The van der Waals surface area contributed by atoms with Crippen LogP contribution in [0, 0.1) is 0 Å². The van der Waals surface area contributed by atoms with Crippen molar-refractivity contribution >= 4 is 69.3 Å². The Labute approximate surface area is 216 Å². The number of carbonyl (C=O) groups is 4. The minimum absolute atomic E-state index is 0.000783. The van der Waals surface area contributed by atoms with Gasteiger partial charge >= 0.3 is 5.97 Å². The fraction of sp³-hybridized carbons (Fsp3) is 0.250. The Kier molecular flexibility index (Phi) is 7.42. The molecule has 2 aliphatic heterocycles. The number of hydrogen-bond acceptors (Lipinski definition) is 11. The molecule has 1 fully saturated rings. The fourth-order valence-corrected chi connectivity index (χ4v) is 5.83. The SMILES string of the molecule is Nc1nc(C(=NOCC(=O)O)C(=O)NC2C(=O)N3C(C(=O)[O-])=C(C[n+]4ccccc4)CS[C@@H]23)c(Cl)s1. The Bertz CT molecular complexity index is 1300. The molecule has 16 heteroatoms. The molecule has 4 N–H and O–H groups in total. The topological polar surface area (TPSA) is 191 Å². The zero-order chi connectivity index (χ0) is 26.0. The normalized spacial score (nSPS) is 19.4. The minimum Gasteiger partial charge on any atom is -0.543 e. The molecule has 2 aromatic rings. The van der Waals surface area contributed by atoms with Gasteiger partial charge in [-0.3, -0.25) is 14.5 Å². The number of carboxylic acids is 2. The van der Waals surface area contributed by atoms with Gasteiger partial charge in [0.05, 0.1) is 11.7 Å². The summed E-state index contributed by atoms with van der Waals surface area (Å²) in [5.74, 6) is -4.15. The van der Waals surface area contributed by atoms with Gasteiger partial charge in [0.1, 0.15) is 21.4 Å². The van der Waals surface area contributed by atoms with Crippen LogP contribution in [0.15, 0.2) is 47.0 Å². The van der Waals surface area contributed by atoms with E-state index in [1.54, 1.807) is 29.1 Å². The quantitative estimate of drug-likeness (QED) is 0.144. The van der Waals surface area contributed by atoms with Crippen molar-refractivity contribution in [2.75, 3.05) is 18.1 Å². The Morgan fingerprint density at radius 2 is 2.08 bits per heavy atom. The number of thiazole rings is 1. The number of nitrogens with two attached hydrogens (primary N) is 1. The van der Waals surface area contributed by atoms with E-state index in [9.17, 15) is 24.3 Å². The number of aliphatic carboxylic acids is 2. The number of anilines is 1. The molecule has 2 amide bonds. The Hall–Kier alpha value is -3.69. The van der Waals surface area contributed by atoms with Crippen LogP contribution in [0.4, 0.5) is 5.13 Å². The summed E-state index contributed by atoms with van der Waals surface area (Å²) in [4.78, 5) is 58.3. The average molecular weight is 553 g/mol. The van der Waals surface area contributed by atoms with Crippen molar-refractivity contribution in [2.24, 2.45) is 5.16 Å². The molecule has 2 aromatic heterocycles. The van der Waals surface area contributed by atoms with Crippen LogP contribution in [0.3, 0.4) is 0 Å². The second kappa shape index (κ2) is 10.5. The molecule has 0 radical (unpaired) electrons. The monoisotopic (exact) mass is 552 g/mol. The van der Waals surface area contributed by atoms with Gasteiger partial charge < -0.3 is 30.9 Å². The lowest BCUT2D eigenvalue weighted by atomic mass is 10.0. The number of amides is 2. The van der Waals surface area contributed by atoms with E-state index in [0.717, 1.165) is 16.2 Å². The van der Waals surface area contributed by atoms with E-state index >= 15 is 0 Å². The van der Waals surface area contributed by atoms with Crippen LogP contribution in [-0.2, 0) is 30.6 Å². The van der Waals surface area contributed by atoms with Gasteiger partial charge in [0, 0.05) is 23.5 Å². The number of hydrogen-bond donors (Lipinski definition) is 3. The molecule has 188 valence electrons. The smallest absolute Gasteiger partial charge is 0.344 e. The van der Waals surface area contributed by atoms with E-state index in [1.165, 1.54) is 11.8 Å². The van der Waals surface area contributed by atoms with Crippen molar-refractivity contribution in [3.8, 4) is 0 Å². The number of nitrogens with zero attached hydrogens (tertiary/aromatic N) is 4. The van der Waals surface area contributed by atoms with E-state index in [0.29, 0.717) is 5.57 Å². The predicted molar refractivity (Wildman–Crippen MR) is 125 cm³/mol. The van der Waals surface area contributed by atoms with Crippen LogP contribution in [0.1, 0.15) is 5.69 Å². The lowest BCUT2D eigenvalue weighted by molar-refractivity contribution is -0.689. The second-order valence-electron chi connectivity index (χ2n) is 7.43. The van der Waals surface area contributed by atoms with Crippen molar-refractivity contribution in [1.29, 1.82) is 0 Å². The number of rotatable bonds is 9. The summed E-state index contributed by atoms with van der Waals surface area (Å²) in [5, 5.41) is 26.0. The third-order valence-corrected chi connectivity index (χ3v) is 7.49. The average Bonchev–Trinajstić information content (AvgIpc) is 3.17. The number of halogens is 1. The fourth-order valence-electron chi connectivity index (χ4n) is 3.57. The van der Waals surface area contributed by atoms with Crippen LogP contribution in [0.5, 0.6) is 0 Å². The number of carboxylic acid groups (broad SMARTS) is 2. The first-order chi connectivity index (χ1) is 17.2. The maximum absolute atomic E-state index is 13.0. The van der Waals surface area contributed by atoms with E-state index in [2.05, 4.69) is 20.3 Å². The predicted octanol–water partition coefficient (Wildman–Crippen LogP) is -1.42. The van der Waals surface area contributed by atoms with E-state index in [-0.39, 0.29) is 33.2 Å². The maximum Gasteiger partial charge on any atom is 0.344 e. The first-order valence-electron chi connectivity index (χ1n) is 10.1. The number of nitrogens with one attached hydrogen (secondary N) is 1. The Balaban J connectivity index is 1.54. The Morgan fingerprint density at radius 1 is 1.36 bits per heavy atom. The molecular formula is C20H17ClN6O7S2. The number of β-lactam (4-membered cyclic amide) rings is 1. The standard InChI is InChI=1S/C20H17ClN6O7S2/c21-15-11(24-20(22)36-15)12(25-34-7-10(28)29)16(30)23-13-17(31)27-14(19(32)33)9(8-35-18(13)27)6-26-4-2-1-3-5-26/h1-5,13,18H,6-8H2,(H4-,22,23,24,28,29,30,32,33)/t13?,18-/m0/s1. The second-order valence-corrected chi connectivity index (χ2v) is 10.2. The van der Waals surface area contributed by atoms with Crippen LogP contribution < -0.4 is 20.7 Å². The molecule has 4 rings (SSSR count). The van der Waals surface area contributed by atoms with Crippen LogP contribution in [0.2, 0.25) is 4.34 Å². The van der Waals surface area contributed by atoms with Gasteiger partial charge in [-0.2, -0.15) is 0 Å². The van der Waals surface area contributed by atoms with Crippen LogP contribution >= 0.6 is 34.7 Å². The number of pyridine rings is 1. The van der Waals surface area contributed by atoms with Gasteiger partial charge in [-0.05, 0) is 0 Å². The number of oxime groups is 1. The molecule has 1 saturated heterocycles. The van der Waals surface area contributed by atoms with Crippen LogP contribution in [-0.4, -0.2) is 68.2 Å². The minimum atomic E-state index is -1.50. The molecule has 0 bridgehead atoms. The summed E-state index contributed by atoms with van der Waals surface area (Å²) < 4.78 is 1.77. The van der Waals surface area contributed by atoms with Gasteiger partial charge in [-0.1, -0.05) is 34.2 Å². The van der Waals surface area contributed by atoms with Gasteiger partial charge in [0.2, 0.25) is 6.61 Å². The summed E-state index contributed by atoms with van der Waals surface area (Å²) >= 11 is 8.20. The van der Waals surface area contributed by atoms with Crippen molar-refractivity contribution < 1.29 is 38.8 Å². The molecule has 0 spiro atoms. The third-order valence-electron chi connectivity index (χ3n) is 5.06.